The molecule has 4 fully saturated rings. The van der Waals surface area contributed by atoms with Gasteiger partial charge in [-0.15, -0.1) is 0 Å². The number of amides is 2. The fourth-order valence-corrected chi connectivity index (χ4v) is 8.73. The molecule has 4 bridgehead atoms. The molecule has 0 aromatic heterocycles. The minimum Gasteiger partial charge on any atom is -0.336 e. The van der Waals surface area contributed by atoms with E-state index in [2.05, 4.69) is 10.6 Å². The Kier molecular flexibility index (Phi) is 6.27. The summed E-state index contributed by atoms with van der Waals surface area (Å²) in [5.74, 6) is 2.23. The Labute approximate surface area is 207 Å². The number of nitrogens with zero attached hydrogens (tertiary/aromatic N) is 1. The van der Waals surface area contributed by atoms with Crippen molar-refractivity contribution in [1.29, 1.82) is 0 Å². The van der Waals surface area contributed by atoms with Crippen LogP contribution in [0.15, 0.2) is 53.4 Å². The lowest BCUT2D eigenvalue weighted by Gasteiger charge is -2.56. The van der Waals surface area contributed by atoms with Crippen LogP contribution in [-0.2, 0) is 10.0 Å². The van der Waals surface area contributed by atoms with Gasteiger partial charge < -0.3 is 10.6 Å². The average Bonchev–Trinajstić information content (AvgIpc) is 2.77. The van der Waals surface area contributed by atoms with Crippen molar-refractivity contribution in [1.82, 2.24) is 10.6 Å². The lowest BCUT2D eigenvalue weighted by atomic mass is 9.53. The first-order valence-corrected chi connectivity index (χ1v) is 14.0. The van der Waals surface area contributed by atoms with Crippen LogP contribution in [0.5, 0.6) is 0 Å². The normalized spacial score (nSPS) is 27.4. The van der Waals surface area contributed by atoms with Gasteiger partial charge in [-0.25, -0.2) is 13.2 Å². The second-order valence-corrected chi connectivity index (χ2v) is 12.6. The number of benzene rings is 2. The Morgan fingerprint density at radius 2 is 1.62 bits per heavy atom. The van der Waals surface area contributed by atoms with E-state index in [1.165, 1.54) is 23.6 Å². The molecular weight excluding hydrogens is 470 g/mol. The van der Waals surface area contributed by atoms with Gasteiger partial charge in [-0.2, -0.15) is 0 Å². The highest BCUT2D eigenvalue weighted by atomic mass is 35.5. The molecule has 0 atom stereocenters. The monoisotopic (exact) mass is 501 g/mol. The van der Waals surface area contributed by atoms with Crippen molar-refractivity contribution < 1.29 is 13.2 Å². The summed E-state index contributed by atoms with van der Waals surface area (Å²) < 4.78 is 28.6. The maximum Gasteiger partial charge on any atom is 0.315 e. The first-order chi connectivity index (χ1) is 16.3. The average molecular weight is 502 g/mol. The molecule has 6 nitrogen and oxygen atoms in total. The molecular formula is C26H32ClN3O3S. The number of sulfonamides is 1. The summed E-state index contributed by atoms with van der Waals surface area (Å²) in [6.07, 6.45) is 7.17. The quantitative estimate of drug-likeness (QED) is 0.553. The van der Waals surface area contributed by atoms with Crippen molar-refractivity contribution in [2.45, 2.75) is 55.9 Å². The van der Waals surface area contributed by atoms with Crippen LogP contribution in [-0.4, -0.2) is 33.1 Å². The summed E-state index contributed by atoms with van der Waals surface area (Å²) in [7, 11) is -3.87. The number of nitrogens with one attached hydrogen (secondary N) is 2. The van der Waals surface area contributed by atoms with E-state index in [-0.39, 0.29) is 29.6 Å². The maximum absolute atomic E-state index is 13.6. The summed E-state index contributed by atoms with van der Waals surface area (Å²) in [6, 6.07) is 13.6. The Bertz CT molecular complexity index is 1130. The van der Waals surface area contributed by atoms with Crippen LogP contribution in [0.1, 0.15) is 44.1 Å². The summed E-state index contributed by atoms with van der Waals surface area (Å²) >= 11 is 6.22. The van der Waals surface area contributed by atoms with Gasteiger partial charge in [0, 0.05) is 17.1 Å². The number of rotatable bonds is 7. The summed E-state index contributed by atoms with van der Waals surface area (Å²) in [4.78, 5) is 13.0. The number of carbonyl (C=O) groups is 1. The van der Waals surface area contributed by atoms with Crippen LogP contribution in [0.4, 0.5) is 10.5 Å². The van der Waals surface area contributed by atoms with Crippen molar-refractivity contribution >= 4 is 33.3 Å². The van der Waals surface area contributed by atoms with E-state index in [0.29, 0.717) is 16.3 Å². The zero-order valence-corrected chi connectivity index (χ0v) is 21.0. The van der Waals surface area contributed by atoms with Crippen LogP contribution in [0, 0.1) is 24.7 Å². The highest BCUT2D eigenvalue weighted by molar-refractivity contribution is 7.92. The topological polar surface area (TPSA) is 78.5 Å². The second kappa shape index (κ2) is 9.08. The van der Waals surface area contributed by atoms with E-state index in [1.54, 1.807) is 49.4 Å². The van der Waals surface area contributed by atoms with E-state index < -0.39 is 10.0 Å². The molecule has 0 saturated heterocycles. The molecule has 0 aliphatic heterocycles. The van der Waals surface area contributed by atoms with Gasteiger partial charge in [0.2, 0.25) is 0 Å². The molecule has 6 rings (SSSR count). The van der Waals surface area contributed by atoms with Gasteiger partial charge in [0.25, 0.3) is 10.0 Å². The molecule has 4 saturated carbocycles. The molecule has 34 heavy (non-hydrogen) atoms. The standard InChI is InChI=1S/C26H32ClN3O3S/c1-18-23(27)8-5-9-24(18)34(32,33)30(22-6-3-2-4-7-22)11-10-28-25(31)29-26-15-19-12-20(16-26)14-21(13-19)17-26/h2-9,19-21H,10-17H2,1H3,(H2,28,29,31). The lowest BCUT2D eigenvalue weighted by molar-refractivity contribution is -0.0135. The largest absolute Gasteiger partial charge is 0.336 e. The predicted molar refractivity (Wildman–Crippen MR) is 135 cm³/mol. The van der Waals surface area contributed by atoms with Gasteiger partial charge in [0.1, 0.15) is 0 Å². The smallest absolute Gasteiger partial charge is 0.315 e. The van der Waals surface area contributed by atoms with Crippen LogP contribution in [0.3, 0.4) is 0 Å². The molecule has 0 unspecified atom stereocenters. The van der Waals surface area contributed by atoms with Gasteiger partial charge in [0.15, 0.2) is 0 Å². The first-order valence-electron chi connectivity index (χ1n) is 12.1. The Morgan fingerprint density at radius 3 is 2.24 bits per heavy atom. The van der Waals surface area contributed by atoms with Crippen LogP contribution >= 0.6 is 11.6 Å². The summed E-state index contributed by atoms with van der Waals surface area (Å²) in [5.41, 5.74) is 0.977. The van der Waals surface area contributed by atoms with Gasteiger partial charge in [-0.1, -0.05) is 35.9 Å². The van der Waals surface area contributed by atoms with Gasteiger partial charge in [0.05, 0.1) is 17.1 Å². The molecule has 2 aromatic carbocycles. The van der Waals surface area contributed by atoms with Crippen LogP contribution < -0.4 is 14.9 Å². The van der Waals surface area contributed by atoms with E-state index in [0.717, 1.165) is 37.0 Å². The second-order valence-electron chi connectivity index (χ2n) is 10.4. The van der Waals surface area contributed by atoms with Crippen molar-refractivity contribution in [3.63, 3.8) is 0 Å². The van der Waals surface area contributed by atoms with Crippen molar-refractivity contribution in [2.75, 3.05) is 17.4 Å². The zero-order chi connectivity index (χ0) is 23.9. The highest BCUT2D eigenvalue weighted by Gasteiger charge is 2.51. The number of anilines is 1. The molecule has 8 heteroatoms. The summed E-state index contributed by atoms with van der Waals surface area (Å²) in [5, 5.41) is 6.62. The molecule has 2 amide bonds. The zero-order valence-electron chi connectivity index (χ0n) is 19.5. The molecule has 2 N–H and O–H groups in total. The fourth-order valence-electron chi connectivity index (χ4n) is 6.79. The lowest BCUT2D eigenvalue weighted by Crippen LogP contribution is -2.61. The predicted octanol–water partition coefficient (Wildman–Crippen LogP) is 5.11. The molecule has 4 aliphatic carbocycles. The minimum atomic E-state index is -3.87. The van der Waals surface area contributed by atoms with Crippen LogP contribution in [0.25, 0.3) is 0 Å². The third kappa shape index (κ3) is 4.52. The molecule has 0 spiro atoms. The molecule has 0 radical (unpaired) electrons. The number of halogens is 1. The fraction of sp³-hybridized carbons (Fsp3) is 0.500. The number of hydrogen-bond donors (Lipinski definition) is 2. The molecule has 0 heterocycles. The number of carbonyl (C=O) groups excluding carboxylic acids is 1. The van der Waals surface area contributed by atoms with Crippen LogP contribution in [0.2, 0.25) is 5.02 Å². The first kappa shape index (κ1) is 23.5. The Balaban J connectivity index is 1.28. The number of urea groups is 1. The SMILES string of the molecule is Cc1c(Cl)cccc1S(=O)(=O)N(CCNC(=O)NC12CC3CC(CC(C3)C1)C2)c1ccccc1. The third-order valence-electron chi connectivity index (χ3n) is 7.85. The van der Waals surface area contributed by atoms with Crippen molar-refractivity contribution in [3.05, 3.63) is 59.1 Å². The van der Waals surface area contributed by atoms with E-state index in [9.17, 15) is 13.2 Å². The van der Waals surface area contributed by atoms with Gasteiger partial charge in [-0.05, 0) is 93.0 Å². The Morgan fingerprint density at radius 1 is 1.00 bits per heavy atom. The molecule has 2 aromatic rings. The van der Waals surface area contributed by atoms with Crippen molar-refractivity contribution in [3.8, 4) is 0 Å². The maximum atomic E-state index is 13.6. The number of para-hydroxylation sites is 1. The minimum absolute atomic E-state index is 0.0814. The molecule has 4 aliphatic rings. The van der Waals surface area contributed by atoms with E-state index in [4.69, 9.17) is 11.6 Å². The van der Waals surface area contributed by atoms with Gasteiger partial charge >= 0.3 is 6.03 Å². The van der Waals surface area contributed by atoms with E-state index >= 15 is 0 Å². The van der Waals surface area contributed by atoms with Crippen molar-refractivity contribution in [2.24, 2.45) is 17.8 Å². The van der Waals surface area contributed by atoms with Gasteiger partial charge in [-0.3, -0.25) is 4.31 Å². The Hall–Kier alpha value is -2.25. The highest BCUT2D eigenvalue weighted by Crippen LogP contribution is 2.55. The summed E-state index contributed by atoms with van der Waals surface area (Å²) in [6.45, 7) is 2.02. The van der Waals surface area contributed by atoms with E-state index in [1.807, 2.05) is 6.07 Å². The third-order valence-corrected chi connectivity index (χ3v) is 10.2. The number of hydrogen-bond acceptors (Lipinski definition) is 3. The molecule has 182 valence electrons.